The van der Waals surface area contributed by atoms with Crippen LogP contribution in [0.1, 0.15) is 51.5 Å². The summed E-state index contributed by atoms with van der Waals surface area (Å²) in [6, 6.07) is 0. The minimum atomic E-state index is -0.788. The van der Waals surface area contributed by atoms with E-state index in [1.54, 1.807) is 25.2 Å². The summed E-state index contributed by atoms with van der Waals surface area (Å²) >= 11 is 3.17. The van der Waals surface area contributed by atoms with Crippen molar-refractivity contribution in [1.29, 1.82) is 0 Å². The molecule has 1 unspecified atom stereocenters. The van der Waals surface area contributed by atoms with Crippen LogP contribution in [0.2, 0.25) is 0 Å². The molecule has 0 fully saturated rings. The maximum atomic E-state index is 13.3. The van der Waals surface area contributed by atoms with Crippen molar-refractivity contribution in [1.82, 2.24) is 9.55 Å². The van der Waals surface area contributed by atoms with Gasteiger partial charge in [-0.1, -0.05) is 32.5 Å². The lowest BCUT2D eigenvalue weighted by atomic mass is 9.89. The molecule has 0 aromatic carbocycles. The molecular weight excluding hydrogens is 352 g/mol. The molecule has 2 aromatic heterocycles. The monoisotopic (exact) mass is 380 g/mol. The molecule has 25 heavy (non-hydrogen) atoms. The van der Waals surface area contributed by atoms with Crippen LogP contribution in [0.25, 0.3) is 10.2 Å². The molecule has 4 nitrogen and oxygen atoms in total. The van der Waals surface area contributed by atoms with Crippen LogP contribution >= 0.6 is 23.1 Å². The Balaban J connectivity index is 2.13. The van der Waals surface area contributed by atoms with Gasteiger partial charge in [-0.2, -0.15) is 0 Å². The van der Waals surface area contributed by atoms with Gasteiger partial charge in [-0.3, -0.25) is 9.36 Å². The molecule has 0 bridgehead atoms. The molecule has 1 atom stereocenters. The number of hydrogen-bond donors (Lipinski definition) is 1. The second-order valence-electron chi connectivity index (χ2n) is 8.34. The number of aryl methyl sites for hydroxylation is 1. The van der Waals surface area contributed by atoms with Crippen molar-refractivity contribution in [2.45, 2.75) is 71.2 Å². The van der Waals surface area contributed by atoms with Crippen LogP contribution in [0, 0.1) is 11.8 Å². The highest BCUT2D eigenvalue weighted by atomic mass is 32.2. The molecule has 0 spiro atoms. The topological polar surface area (TPSA) is 55.1 Å². The normalized spacial score (nSPS) is 18.1. The van der Waals surface area contributed by atoms with Crippen molar-refractivity contribution in [3.05, 3.63) is 20.8 Å². The zero-order valence-corrected chi connectivity index (χ0v) is 17.4. The van der Waals surface area contributed by atoms with Gasteiger partial charge in [-0.05, 0) is 50.5 Å². The van der Waals surface area contributed by atoms with Crippen LogP contribution in [0.5, 0.6) is 0 Å². The fourth-order valence-corrected chi connectivity index (χ4v) is 5.66. The minimum absolute atomic E-state index is 0.101. The average molecular weight is 381 g/mol. The third-order valence-corrected chi connectivity index (χ3v) is 7.05. The third-order valence-electron chi connectivity index (χ3n) is 4.48. The Kier molecular flexibility index (Phi) is 5.33. The number of thiophene rings is 1. The molecule has 138 valence electrons. The molecule has 6 heteroatoms. The number of aromatic nitrogens is 2. The molecule has 0 saturated carbocycles. The molecule has 3 rings (SSSR count). The minimum Gasteiger partial charge on any atom is -0.390 e. The van der Waals surface area contributed by atoms with E-state index in [-0.39, 0.29) is 5.56 Å². The molecule has 0 saturated heterocycles. The van der Waals surface area contributed by atoms with E-state index in [4.69, 9.17) is 4.98 Å². The van der Waals surface area contributed by atoms with Gasteiger partial charge in [0.05, 0.1) is 11.0 Å². The number of nitrogens with zero attached hydrogens (tertiary/aromatic N) is 2. The van der Waals surface area contributed by atoms with E-state index >= 15 is 0 Å². The van der Waals surface area contributed by atoms with Gasteiger partial charge >= 0.3 is 0 Å². The highest BCUT2D eigenvalue weighted by Crippen LogP contribution is 2.36. The Morgan fingerprint density at radius 1 is 1.44 bits per heavy atom. The molecule has 2 heterocycles. The van der Waals surface area contributed by atoms with Crippen LogP contribution in [-0.4, -0.2) is 26.0 Å². The number of fused-ring (bicyclic) bond motifs is 3. The highest BCUT2D eigenvalue weighted by molar-refractivity contribution is 7.99. The lowest BCUT2D eigenvalue weighted by molar-refractivity contribution is 0.107. The number of thioether (sulfide) groups is 1. The quantitative estimate of drug-likeness (QED) is 0.627. The van der Waals surface area contributed by atoms with E-state index in [1.807, 2.05) is 4.57 Å². The Labute approximate surface area is 157 Å². The van der Waals surface area contributed by atoms with Gasteiger partial charge in [0.1, 0.15) is 4.83 Å². The van der Waals surface area contributed by atoms with E-state index in [9.17, 15) is 9.90 Å². The van der Waals surface area contributed by atoms with Crippen molar-refractivity contribution in [2.75, 3.05) is 5.75 Å². The van der Waals surface area contributed by atoms with Gasteiger partial charge in [0.25, 0.3) is 5.56 Å². The van der Waals surface area contributed by atoms with Gasteiger partial charge in [-0.15, -0.1) is 11.3 Å². The summed E-state index contributed by atoms with van der Waals surface area (Å²) in [6.07, 6.45) is 3.20. The van der Waals surface area contributed by atoms with Gasteiger partial charge in [-0.25, -0.2) is 4.98 Å². The van der Waals surface area contributed by atoms with Gasteiger partial charge in [0.2, 0.25) is 0 Å². The maximum absolute atomic E-state index is 13.3. The molecule has 1 aliphatic rings. The van der Waals surface area contributed by atoms with E-state index in [0.29, 0.717) is 24.1 Å². The van der Waals surface area contributed by atoms with E-state index in [2.05, 4.69) is 20.8 Å². The number of aliphatic hydroxyl groups is 1. The molecule has 2 aromatic rings. The summed E-state index contributed by atoms with van der Waals surface area (Å²) in [4.78, 5) is 20.4. The van der Waals surface area contributed by atoms with Crippen LogP contribution in [0.15, 0.2) is 9.95 Å². The summed E-state index contributed by atoms with van der Waals surface area (Å²) in [7, 11) is 0. The number of hydrogen-bond acceptors (Lipinski definition) is 5. The predicted molar refractivity (Wildman–Crippen MR) is 107 cm³/mol. The van der Waals surface area contributed by atoms with Crippen LogP contribution < -0.4 is 5.56 Å². The van der Waals surface area contributed by atoms with Gasteiger partial charge < -0.3 is 5.11 Å². The first-order valence-electron chi connectivity index (χ1n) is 9.06. The molecule has 0 amide bonds. The highest BCUT2D eigenvalue weighted by Gasteiger charge is 2.25. The first-order valence-corrected chi connectivity index (χ1v) is 10.9. The van der Waals surface area contributed by atoms with E-state index in [1.165, 1.54) is 22.2 Å². The van der Waals surface area contributed by atoms with E-state index in [0.717, 1.165) is 34.6 Å². The zero-order valence-electron chi connectivity index (χ0n) is 15.8. The van der Waals surface area contributed by atoms with Crippen LogP contribution in [0.3, 0.4) is 0 Å². The fraction of sp³-hybridized carbons (Fsp3) is 0.684. The summed E-state index contributed by atoms with van der Waals surface area (Å²) in [5, 5.41) is 11.6. The van der Waals surface area contributed by atoms with E-state index < -0.39 is 5.60 Å². The maximum Gasteiger partial charge on any atom is 0.263 e. The molecule has 0 radical (unpaired) electrons. The second kappa shape index (κ2) is 7.05. The van der Waals surface area contributed by atoms with Crippen molar-refractivity contribution < 1.29 is 5.11 Å². The lowest BCUT2D eigenvalue weighted by Crippen LogP contribution is -2.28. The Hall–Kier alpha value is -0.850. The van der Waals surface area contributed by atoms with Crippen LogP contribution in [-0.2, 0) is 19.4 Å². The SMILES string of the molecule is CC(C)Cn1c(SCC(C)(C)O)nc2sc3c(c2c1=O)CCC(C)C3. The lowest BCUT2D eigenvalue weighted by Gasteiger charge is -2.19. The van der Waals surface area contributed by atoms with Crippen molar-refractivity contribution in [3.8, 4) is 0 Å². The Bertz CT molecular complexity index is 831. The number of rotatable bonds is 5. The van der Waals surface area contributed by atoms with Crippen molar-refractivity contribution in [2.24, 2.45) is 11.8 Å². The first kappa shape index (κ1) is 18.9. The van der Waals surface area contributed by atoms with Crippen LogP contribution in [0.4, 0.5) is 0 Å². The van der Waals surface area contributed by atoms with Crippen molar-refractivity contribution >= 4 is 33.3 Å². The largest absolute Gasteiger partial charge is 0.390 e. The molecule has 0 aliphatic heterocycles. The Morgan fingerprint density at radius 3 is 2.80 bits per heavy atom. The van der Waals surface area contributed by atoms with Gasteiger partial charge in [0, 0.05) is 17.2 Å². The fourth-order valence-electron chi connectivity index (χ4n) is 3.28. The van der Waals surface area contributed by atoms with Gasteiger partial charge in [0.15, 0.2) is 5.16 Å². The zero-order chi connectivity index (χ0) is 18.4. The van der Waals surface area contributed by atoms with Crippen molar-refractivity contribution in [3.63, 3.8) is 0 Å². The standard InChI is InChI=1S/C19H28N2O2S2/c1-11(2)9-21-17(22)15-13-7-6-12(3)8-14(13)25-16(15)20-18(21)24-10-19(4,5)23/h11-12,23H,6-10H2,1-5H3. The first-order chi connectivity index (χ1) is 11.7. The Morgan fingerprint density at radius 2 is 2.16 bits per heavy atom. The predicted octanol–water partition coefficient (Wildman–Crippen LogP) is 4.10. The third kappa shape index (κ3) is 4.12. The average Bonchev–Trinajstić information content (AvgIpc) is 2.84. The summed E-state index contributed by atoms with van der Waals surface area (Å²) in [5.74, 6) is 1.57. The molecule has 1 N–H and O–H groups in total. The second-order valence-corrected chi connectivity index (χ2v) is 10.4. The smallest absolute Gasteiger partial charge is 0.263 e. The summed E-state index contributed by atoms with van der Waals surface area (Å²) < 4.78 is 1.83. The molecular formula is C19H28N2O2S2. The summed E-state index contributed by atoms with van der Waals surface area (Å²) in [6.45, 7) is 10.8. The summed E-state index contributed by atoms with van der Waals surface area (Å²) in [5.41, 5.74) is 0.556. The molecule has 1 aliphatic carbocycles.